The van der Waals surface area contributed by atoms with Crippen molar-refractivity contribution in [2.75, 3.05) is 0 Å². The number of hydrogen-bond acceptors (Lipinski definition) is 3. The van der Waals surface area contributed by atoms with Crippen LogP contribution < -0.4 is 25.0 Å². The summed E-state index contributed by atoms with van der Waals surface area (Å²) in [5.41, 5.74) is 0. The number of nitrogens with zero attached hydrogens (tertiary/aromatic N) is 1. The van der Waals surface area contributed by atoms with Crippen molar-refractivity contribution in [3.63, 3.8) is 0 Å². The van der Waals surface area contributed by atoms with Gasteiger partial charge in [0.25, 0.3) is 0 Å². The monoisotopic (exact) mass is 431 g/mol. The number of benzene rings is 4. The van der Waals surface area contributed by atoms with Gasteiger partial charge < -0.3 is 9.05 Å². The van der Waals surface area contributed by atoms with Gasteiger partial charge in [-0.05, 0) is 12.1 Å². The van der Waals surface area contributed by atoms with Crippen molar-refractivity contribution >= 4 is 30.7 Å². The first-order chi connectivity index (χ1) is 14.7. The summed E-state index contributed by atoms with van der Waals surface area (Å²) in [6, 6.07) is 37.1. The standard InChI is InChI=1S/C24H19NO3P2/c26-30(27-23-18-10-11-19-24(23)28-30)25-29(20-12-4-1-5-13-20,21-14-6-2-7-15-21)22-16-8-3-9-17-22/h1-19H. The molecule has 6 heteroatoms. The van der Waals surface area contributed by atoms with Gasteiger partial charge in [0.1, 0.15) is 0 Å². The zero-order valence-corrected chi connectivity index (χ0v) is 17.8. The summed E-state index contributed by atoms with van der Waals surface area (Å²) in [5, 5.41) is 2.96. The molecule has 0 saturated carbocycles. The second kappa shape index (κ2) is 7.65. The highest BCUT2D eigenvalue weighted by atomic mass is 31.2. The molecule has 0 unspecified atom stereocenters. The predicted octanol–water partition coefficient (Wildman–Crippen LogP) is 5.74. The largest absolute Gasteiger partial charge is 0.563 e. The van der Waals surface area contributed by atoms with E-state index < -0.39 is 14.8 Å². The molecule has 1 heterocycles. The third-order valence-corrected chi connectivity index (χ3v) is 10.9. The van der Waals surface area contributed by atoms with Crippen LogP contribution in [-0.2, 0) is 4.57 Å². The molecule has 0 amide bonds. The van der Waals surface area contributed by atoms with Crippen LogP contribution in [0.3, 0.4) is 0 Å². The van der Waals surface area contributed by atoms with Gasteiger partial charge in [0.2, 0.25) is 0 Å². The molecule has 0 aliphatic carbocycles. The second-order valence-corrected chi connectivity index (χ2v) is 11.7. The Hall–Kier alpha value is -3.06. The van der Waals surface area contributed by atoms with Gasteiger partial charge in [-0.3, -0.25) is 0 Å². The summed E-state index contributed by atoms with van der Waals surface area (Å²) in [6.45, 7) is 0. The molecule has 5 rings (SSSR count). The van der Waals surface area contributed by atoms with Crippen molar-refractivity contribution in [3.8, 4) is 11.5 Å². The number of fused-ring (bicyclic) bond motifs is 1. The third kappa shape index (κ3) is 3.29. The molecule has 1 aliphatic rings. The lowest BCUT2D eigenvalue weighted by molar-refractivity contribution is 0.434. The Bertz CT molecular complexity index is 1140. The summed E-state index contributed by atoms with van der Waals surface area (Å²) >= 11 is 0. The summed E-state index contributed by atoms with van der Waals surface area (Å²) in [5.74, 6) is 0.911. The number of para-hydroxylation sites is 2. The molecule has 0 fully saturated rings. The van der Waals surface area contributed by atoms with Gasteiger partial charge in [0.15, 0.2) is 11.5 Å². The highest BCUT2D eigenvalue weighted by Crippen LogP contribution is 2.65. The predicted molar refractivity (Wildman–Crippen MR) is 123 cm³/mol. The average molecular weight is 431 g/mol. The van der Waals surface area contributed by atoms with Crippen LogP contribution in [0.25, 0.3) is 0 Å². The van der Waals surface area contributed by atoms with E-state index in [-0.39, 0.29) is 0 Å². The zero-order chi connectivity index (χ0) is 20.4. The Morgan fingerprint density at radius 3 is 1.23 bits per heavy atom. The zero-order valence-electron chi connectivity index (χ0n) is 16.0. The van der Waals surface area contributed by atoms with Gasteiger partial charge in [-0.15, -0.1) is 0 Å². The van der Waals surface area contributed by atoms with Crippen molar-refractivity contribution in [3.05, 3.63) is 115 Å². The van der Waals surface area contributed by atoms with Crippen molar-refractivity contribution in [1.82, 2.24) is 0 Å². The molecule has 148 valence electrons. The molecule has 0 saturated heterocycles. The fourth-order valence-corrected chi connectivity index (χ4v) is 9.99. The Kier molecular flexibility index (Phi) is 4.83. The van der Waals surface area contributed by atoms with E-state index in [1.807, 2.05) is 103 Å². The van der Waals surface area contributed by atoms with Crippen LogP contribution in [0.2, 0.25) is 0 Å². The molecule has 0 atom stereocenters. The van der Waals surface area contributed by atoms with E-state index in [0.717, 1.165) is 15.9 Å². The van der Waals surface area contributed by atoms with E-state index in [1.54, 1.807) is 12.1 Å². The van der Waals surface area contributed by atoms with Crippen LogP contribution in [0.15, 0.2) is 120 Å². The van der Waals surface area contributed by atoms with Crippen molar-refractivity contribution in [1.29, 1.82) is 0 Å². The van der Waals surface area contributed by atoms with Crippen LogP contribution in [0.1, 0.15) is 0 Å². The normalized spacial score (nSPS) is 14.3. The maximum Gasteiger partial charge on any atom is 0.563 e. The molecule has 4 aromatic carbocycles. The van der Waals surface area contributed by atoms with E-state index in [4.69, 9.17) is 13.6 Å². The first-order valence-corrected chi connectivity index (χ1v) is 12.8. The minimum atomic E-state index is -3.80. The van der Waals surface area contributed by atoms with Gasteiger partial charge >= 0.3 is 7.75 Å². The molecular formula is C24H19NO3P2. The van der Waals surface area contributed by atoms with Gasteiger partial charge in [0.05, 0.1) is 7.05 Å². The van der Waals surface area contributed by atoms with E-state index in [0.29, 0.717) is 11.5 Å². The molecule has 0 bridgehead atoms. The smallest absolute Gasteiger partial charge is 0.395 e. The van der Waals surface area contributed by atoms with Crippen molar-refractivity contribution in [2.45, 2.75) is 0 Å². The Labute approximate surface area is 175 Å². The summed E-state index contributed by atoms with van der Waals surface area (Å²) in [7, 11) is -6.48. The first-order valence-electron chi connectivity index (χ1n) is 9.59. The molecular weight excluding hydrogens is 412 g/mol. The van der Waals surface area contributed by atoms with Gasteiger partial charge in [-0.25, -0.2) is 4.57 Å². The average Bonchev–Trinajstić information content (AvgIpc) is 3.15. The number of rotatable bonds is 4. The lowest BCUT2D eigenvalue weighted by Gasteiger charge is -2.27. The van der Waals surface area contributed by atoms with E-state index in [9.17, 15) is 4.57 Å². The van der Waals surface area contributed by atoms with Crippen LogP contribution >= 0.6 is 14.8 Å². The molecule has 0 spiro atoms. The molecule has 1 aliphatic heterocycles. The topological polar surface area (TPSA) is 47.9 Å². The minimum Gasteiger partial charge on any atom is -0.395 e. The first kappa shape index (κ1) is 18.9. The van der Waals surface area contributed by atoms with Gasteiger partial charge in [-0.2, -0.15) is 4.52 Å². The summed E-state index contributed by atoms with van der Waals surface area (Å²) in [4.78, 5) is 0. The Morgan fingerprint density at radius 2 is 0.867 bits per heavy atom. The maximum absolute atomic E-state index is 13.8. The van der Waals surface area contributed by atoms with E-state index >= 15 is 0 Å². The lowest BCUT2D eigenvalue weighted by Crippen LogP contribution is -2.25. The summed E-state index contributed by atoms with van der Waals surface area (Å²) < 4.78 is 30.4. The summed E-state index contributed by atoms with van der Waals surface area (Å²) in [6.07, 6.45) is 0. The second-order valence-electron chi connectivity index (χ2n) is 6.83. The van der Waals surface area contributed by atoms with Crippen LogP contribution in [0.4, 0.5) is 0 Å². The van der Waals surface area contributed by atoms with Gasteiger partial charge in [-0.1, -0.05) is 103 Å². The molecule has 4 nitrogen and oxygen atoms in total. The maximum atomic E-state index is 13.8. The van der Waals surface area contributed by atoms with Gasteiger partial charge in [0, 0.05) is 15.9 Å². The molecule has 0 N–H and O–H groups in total. The highest BCUT2D eigenvalue weighted by molar-refractivity contribution is 7.90. The van der Waals surface area contributed by atoms with Crippen LogP contribution in [0.5, 0.6) is 11.5 Å². The highest BCUT2D eigenvalue weighted by Gasteiger charge is 2.41. The molecule has 0 aromatic heterocycles. The SMILES string of the molecule is O=P1(N=P(c2ccccc2)(c2ccccc2)c2ccccc2)Oc2ccccc2O1. The molecule has 0 radical (unpaired) electrons. The van der Waals surface area contributed by atoms with E-state index in [1.165, 1.54) is 0 Å². The minimum absolute atomic E-state index is 0.455. The third-order valence-electron chi connectivity index (χ3n) is 4.91. The Balaban J connectivity index is 1.84. The Morgan fingerprint density at radius 1 is 0.533 bits per heavy atom. The molecule has 4 aromatic rings. The van der Waals surface area contributed by atoms with E-state index in [2.05, 4.69) is 0 Å². The quantitative estimate of drug-likeness (QED) is 0.387. The van der Waals surface area contributed by atoms with Crippen molar-refractivity contribution in [2.24, 2.45) is 4.52 Å². The fraction of sp³-hybridized carbons (Fsp3) is 0. The lowest BCUT2D eigenvalue weighted by atomic mass is 10.3. The van der Waals surface area contributed by atoms with Crippen LogP contribution in [0, 0.1) is 0 Å². The molecule has 30 heavy (non-hydrogen) atoms. The fourth-order valence-electron chi connectivity index (χ4n) is 3.60. The van der Waals surface area contributed by atoms with Crippen molar-refractivity contribution < 1.29 is 13.6 Å². The van der Waals surface area contributed by atoms with Crippen LogP contribution in [-0.4, -0.2) is 0 Å². The number of hydrogen-bond donors (Lipinski definition) is 0.